The Morgan fingerprint density at radius 3 is 2.42 bits per heavy atom. The fourth-order valence-electron chi connectivity index (χ4n) is 6.01. The molecule has 0 N–H and O–H groups in total. The summed E-state index contributed by atoms with van der Waals surface area (Å²) in [5, 5.41) is 0. The molecule has 202 valence electrons. The topological polar surface area (TPSA) is 30.9 Å². The third kappa shape index (κ3) is 6.50. The van der Waals surface area contributed by atoms with Crippen LogP contribution >= 0.6 is 0 Å². The zero-order valence-electron chi connectivity index (χ0n) is 22.8. The van der Waals surface area contributed by atoms with E-state index in [0.717, 1.165) is 68.8 Å². The molecule has 1 unspecified atom stereocenters. The molecule has 1 heterocycles. The maximum atomic E-state index is 14.9. The fraction of sp³-hybridized carbons (Fsp3) is 0.455. The Hall–Kier alpha value is -3.05. The highest BCUT2D eigenvalue weighted by molar-refractivity contribution is 5.43. The highest BCUT2D eigenvalue weighted by atomic mass is 19.1. The summed E-state index contributed by atoms with van der Waals surface area (Å²) in [5.74, 6) is 2.34. The number of piperidine rings is 1. The van der Waals surface area contributed by atoms with Crippen molar-refractivity contribution in [3.8, 4) is 17.2 Å². The molecule has 4 nitrogen and oxygen atoms in total. The van der Waals surface area contributed by atoms with E-state index in [9.17, 15) is 4.39 Å². The van der Waals surface area contributed by atoms with Crippen LogP contribution in [0.25, 0.3) is 0 Å². The SMILES string of the molecule is COc1ccc2c(c1)CCC(c1ccc(OC)cc1CCc1ccc(OCCN3CCCCC3)c(F)c1)C2. The van der Waals surface area contributed by atoms with Crippen LogP contribution in [0.2, 0.25) is 0 Å². The smallest absolute Gasteiger partial charge is 0.165 e. The Balaban J connectivity index is 1.23. The van der Waals surface area contributed by atoms with Crippen molar-refractivity contribution >= 4 is 0 Å². The fourth-order valence-corrected chi connectivity index (χ4v) is 6.01. The van der Waals surface area contributed by atoms with Crippen molar-refractivity contribution in [2.45, 2.75) is 57.3 Å². The second kappa shape index (κ2) is 12.7. The first-order chi connectivity index (χ1) is 18.6. The van der Waals surface area contributed by atoms with Crippen LogP contribution in [-0.2, 0) is 25.7 Å². The molecule has 0 saturated carbocycles. The lowest BCUT2D eigenvalue weighted by Gasteiger charge is -2.27. The second-order valence-electron chi connectivity index (χ2n) is 10.7. The average molecular weight is 518 g/mol. The number of halogens is 1. The van der Waals surface area contributed by atoms with E-state index in [0.29, 0.717) is 18.3 Å². The summed E-state index contributed by atoms with van der Waals surface area (Å²) in [4.78, 5) is 2.41. The molecular weight excluding hydrogens is 477 g/mol. The van der Waals surface area contributed by atoms with Crippen molar-refractivity contribution in [2.24, 2.45) is 0 Å². The first-order valence-electron chi connectivity index (χ1n) is 14.1. The van der Waals surface area contributed by atoms with E-state index in [2.05, 4.69) is 41.3 Å². The Bertz CT molecular complexity index is 1220. The number of hydrogen-bond acceptors (Lipinski definition) is 4. The normalized spacial score (nSPS) is 17.6. The van der Waals surface area contributed by atoms with Crippen molar-refractivity contribution in [1.82, 2.24) is 4.90 Å². The first kappa shape index (κ1) is 26.6. The van der Waals surface area contributed by atoms with Crippen LogP contribution in [0.5, 0.6) is 17.2 Å². The first-order valence-corrected chi connectivity index (χ1v) is 14.1. The zero-order valence-corrected chi connectivity index (χ0v) is 22.8. The monoisotopic (exact) mass is 517 g/mol. The Kier molecular flexibility index (Phi) is 8.85. The van der Waals surface area contributed by atoms with Gasteiger partial charge in [-0.1, -0.05) is 24.6 Å². The zero-order chi connectivity index (χ0) is 26.3. The van der Waals surface area contributed by atoms with Crippen molar-refractivity contribution in [3.05, 3.63) is 88.2 Å². The van der Waals surface area contributed by atoms with Crippen molar-refractivity contribution in [2.75, 3.05) is 40.5 Å². The van der Waals surface area contributed by atoms with Gasteiger partial charge in [-0.25, -0.2) is 4.39 Å². The van der Waals surface area contributed by atoms with Crippen LogP contribution in [0.15, 0.2) is 54.6 Å². The molecule has 1 saturated heterocycles. The van der Waals surface area contributed by atoms with Crippen LogP contribution in [0.1, 0.15) is 59.4 Å². The molecule has 2 aliphatic rings. The summed E-state index contributed by atoms with van der Waals surface area (Å²) in [6.45, 7) is 3.64. The number of nitrogens with zero attached hydrogens (tertiary/aromatic N) is 1. The molecular formula is C33H40FNO3. The van der Waals surface area contributed by atoms with Gasteiger partial charge in [0, 0.05) is 6.54 Å². The van der Waals surface area contributed by atoms with Gasteiger partial charge in [-0.2, -0.15) is 0 Å². The number of likely N-dealkylation sites (tertiary alicyclic amines) is 1. The Labute approximate surface area is 226 Å². The van der Waals surface area contributed by atoms with Crippen LogP contribution < -0.4 is 14.2 Å². The molecule has 1 fully saturated rings. The number of hydrogen-bond donors (Lipinski definition) is 0. The molecule has 1 aliphatic carbocycles. The molecule has 3 aromatic carbocycles. The Morgan fingerprint density at radius 2 is 1.63 bits per heavy atom. The molecule has 0 bridgehead atoms. The molecule has 1 atom stereocenters. The van der Waals surface area contributed by atoms with Gasteiger partial charge < -0.3 is 14.2 Å². The van der Waals surface area contributed by atoms with Crippen LogP contribution in [0.4, 0.5) is 4.39 Å². The lowest BCUT2D eigenvalue weighted by Crippen LogP contribution is -2.33. The van der Waals surface area contributed by atoms with Gasteiger partial charge in [0.2, 0.25) is 0 Å². The predicted molar refractivity (Wildman–Crippen MR) is 150 cm³/mol. The summed E-state index contributed by atoms with van der Waals surface area (Å²) >= 11 is 0. The van der Waals surface area contributed by atoms with Gasteiger partial charge in [-0.05, 0) is 128 Å². The van der Waals surface area contributed by atoms with E-state index in [1.807, 2.05) is 6.07 Å². The molecule has 0 aromatic heterocycles. The minimum absolute atomic E-state index is 0.272. The van der Waals surface area contributed by atoms with E-state index >= 15 is 0 Å². The van der Waals surface area contributed by atoms with Crippen molar-refractivity contribution in [1.29, 1.82) is 0 Å². The van der Waals surface area contributed by atoms with Crippen molar-refractivity contribution < 1.29 is 18.6 Å². The largest absolute Gasteiger partial charge is 0.497 e. The van der Waals surface area contributed by atoms with Gasteiger partial charge in [-0.15, -0.1) is 0 Å². The van der Waals surface area contributed by atoms with Gasteiger partial charge >= 0.3 is 0 Å². The number of rotatable bonds is 10. The summed E-state index contributed by atoms with van der Waals surface area (Å²) in [7, 11) is 3.43. The van der Waals surface area contributed by atoms with E-state index in [4.69, 9.17) is 14.2 Å². The van der Waals surface area contributed by atoms with Gasteiger partial charge in [0.05, 0.1) is 14.2 Å². The van der Waals surface area contributed by atoms with Gasteiger partial charge in [0.25, 0.3) is 0 Å². The third-order valence-corrected chi connectivity index (χ3v) is 8.22. The minimum Gasteiger partial charge on any atom is -0.497 e. The van der Waals surface area contributed by atoms with E-state index in [-0.39, 0.29) is 5.82 Å². The van der Waals surface area contributed by atoms with Crippen LogP contribution in [-0.4, -0.2) is 45.4 Å². The molecule has 38 heavy (non-hydrogen) atoms. The average Bonchev–Trinajstić information content (AvgIpc) is 2.97. The molecule has 1 aliphatic heterocycles. The molecule has 5 heteroatoms. The van der Waals surface area contributed by atoms with Gasteiger partial charge in [0.1, 0.15) is 18.1 Å². The number of aryl methyl sites for hydroxylation is 3. The number of ether oxygens (including phenoxy) is 3. The summed E-state index contributed by atoms with van der Waals surface area (Å²) in [6, 6.07) is 18.3. The summed E-state index contributed by atoms with van der Waals surface area (Å²) in [6.07, 6.45) is 8.61. The lowest BCUT2D eigenvalue weighted by molar-refractivity contribution is 0.180. The molecule has 5 rings (SSSR count). The lowest BCUT2D eigenvalue weighted by atomic mass is 9.78. The quantitative estimate of drug-likeness (QED) is 0.297. The summed E-state index contributed by atoms with van der Waals surface area (Å²) in [5.41, 5.74) is 6.45. The van der Waals surface area contributed by atoms with Gasteiger partial charge in [-0.3, -0.25) is 4.90 Å². The third-order valence-electron chi connectivity index (χ3n) is 8.22. The second-order valence-corrected chi connectivity index (χ2v) is 10.7. The van der Waals surface area contributed by atoms with E-state index < -0.39 is 0 Å². The van der Waals surface area contributed by atoms with E-state index in [1.165, 1.54) is 41.5 Å². The molecule has 3 aromatic rings. The predicted octanol–water partition coefficient (Wildman–Crippen LogP) is 6.77. The van der Waals surface area contributed by atoms with E-state index in [1.54, 1.807) is 26.4 Å². The maximum Gasteiger partial charge on any atom is 0.165 e. The Morgan fingerprint density at radius 1 is 0.842 bits per heavy atom. The van der Waals surface area contributed by atoms with Crippen molar-refractivity contribution in [3.63, 3.8) is 0 Å². The molecule has 0 radical (unpaired) electrons. The number of fused-ring (bicyclic) bond motifs is 1. The highest BCUT2D eigenvalue weighted by Gasteiger charge is 2.23. The highest BCUT2D eigenvalue weighted by Crippen LogP contribution is 2.37. The molecule has 0 spiro atoms. The van der Waals surface area contributed by atoms with Gasteiger partial charge in [0.15, 0.2) is 11.6 Å². The van der Waals surface area contributed by atoms with Crippen LogP contribution in [0, 0.1) is 5.82 Å². The minimum atomic E-state index is -0.272. The maximum absolute atomic E-state index is 14.9. The number of methoxy groups -OCH3 is 2. The number of benzene rings is 3. The standard InChI is InChI=1S/C33H40FNO3/c1-36-29-12-11-25-21-27(10-9-26(25)22-29)31-14-13-30(37-2)23-28(31)8-6-24-7-15-33(32(34)20-24)38-19-18-35-16-4-3-5-17-35/h7,11-15,20,22-23,27H,3-6,8-10,16-19,21H2,1-2H3. The summed E-state index contributed by atoms with van der Waals surface area (Å²) < 4.78 is 31.6. The molecule has 0 amide bonds. The van der Waals surface area contributed by atoms with Crippen LogP contribution in [0.3, 0.4) is 0 Å².